The van der Waals surface area contributed by atoms with Crippen molar-refractivity contribution in [3.63, 3.8) is 0 Å². The van der Waals surface area contributed by atoms with Crippen LogP contribution >= 0.6 is 11.3 Å². The minimum atomic E-state index is -0.579. The van der Waals surface area contributed by atoms with E-state index in [1.807, 2.05) is 54.9 Å². The molecular formula is C24H26N4O3S. The molecule has 166 valence electrons. The molecule has 1 atom stereocenters. The first-order valence-corrected chi connectivity index (χ1v) is 11.3. The van der Waals surface area contributed by atoms with E-state index in [1.54, 1.807) is 25.2 Å². The minimum Gasteiger partial charge on any atom is -0.444 e. The smallest absolute Gasteiger partial charge is 0.407 e. The van der Waals surface area contributed by atoms with Crippen molar-refractivity contribution in [3.05, 3.63) is 59.7 Å². The molecule has 0 aliphatic rings. The second kappa shape index (κ2) is 8.63. The van der Waals surface area contributed by atoms with Gasteiger partial charge in [0, 0.05) is 29.7 Å². The van der Waals surface area contributed by atoms with Crippen LogP contribution in [0.15, 0.2) is 54.0 Å². The molecule has 2 amide bonds. The van der Waals surface area contributed by atoms with Crippen molar-refractivity contribution >= 4 is 39.1 Å². The number of alkyl carbamates (subject to hydrolysis) is 1. The van der Waals surface area contributed by atoms with E-state index in [4.69, 9.17) is 9.72 Å². The summed E-state index contributed by atoms with van der Waals surface area (Å²) >= 11 is 1.47. The molecule has 2 aromatic heterocycles. The zero-order valence-electron chi connectivity index (χ0n) is 18.5. The van der Waals surface area contributed by atoms with Gasteiger partial charge in [0.15, 0.2) is 4.96 Å². The first-order chi connectivity index (χ1) is 15.2. The van der Waals surface area contributed by atoms with Crippen molar-refractivity contribution in [3.8, 4) is 11.3 Å². The highest BCUT2D eigenvalue weighted by Crippen LogP contribution is 2.29. The molecule has 4 aromatic rings. The van der Waals surface area contributed by atoms with E-state index in [1.165, 1.54) is 11.3 Å². The number of hydrogen-bond acceptors (Lipinski definition) is 5. The zero-order chi connectivity index (χ0) is 22.9. The molecule has 0 saturated carbocycles. The molecular weight excluding hydrogens is 424 g/mol. The summed E-state index contributed by atoms with van der Waals surface area (Å²) in [6.45, 7) is 7.48. The molecule has 2 heterocycles. The summed E-state index contributed by atoms with van der Waals surface area (Å²) in [5.41, 5.74) is 1.41. The Bertz CT molecular complexity index is 1290. The van der Waals surface area contributed by atoms with Crippen LogP contribution in [0.1, 0.15) is 38.2 Å². The molecule has 0 radical (unpaired) electrons. The third kappa shape index (κ3) is 4.75. The maximum Gasteiger partial charge on any atom is 0.407 e. The van der Waals surface area contributed by atoms with Crippen molar-refractivity contribution in [2.24, 2.45) is 0 Å². The lowest BCUT2D eigenvalue weighted by molar-refractivity contribution is 0.0506. The van der Waals surface area contributed by atoms with E-state index < -0.39 is 11.7 Å². The molecule has 2 aromatic carbocycles. The predicted molar refractivity (Wildman–Crippen MR) is 127 cm³/mol. The lowest BCUT2D eigenvalue weighted by Gasteiger charge is -2.22. The Morgan fingerprint density at radius 1 is 1.16 bits per heavy atom. The topological polar surface area (TPSA) is 84.7 Å². The van der Waals surface area contributed by atoms with Crippen molar-refractivity contribution in [2.45, 2.75) is 39.3 Å². The largest absolute Gasteiger partial charge is 0.444 e. The number of hydrogen-bond donors (Lipinski definition) is 2. The van der Waals surface area contributed by atoms with Crippen LogP contribution < -0.4 is 10.6 Å². The van der Waals surface area contributed by atoms with Gasteiger partial charge in [0.1, 0.15) is 17.0 Å². The van der Waals surface area contributed by atoms with Gasteiger partial charge in [-0.1, -0.05) is 36.4 Å². The van der Waals surface area contributed by atoms with E-state index in [2.05, 4.69) is 16.7 Å². The van der Waals surface area contributed by atoms with Crippen LogP contribution in [0.25, 0.3) is 27.0 Å². The standard InChI is InChI=1S/C24H26N4O3S/c1-15(26-23(30)31-24(2,3)4)14-25-21(29)20-19(27-22-28(20)11-12-32-22)18-10-9-16-7-5-6-8-17(16)13-18/h5-13,15H,14H2,1-4H3,(H,25,29)(H,26,30). The molecule has 2 N–H and O–H groups in total. The third-order valence-corrected chi connectivity index (χ3v) is 5.59. The van der Waals surface area contributed by atoms with Gasteiger partial charge in [-0.25, -0.2) is 9.78 Å². The first kappa shape index (κ1) is 21.8. The van der Waals surface area contributed by atoms with Crippen molar-refractivity contribution < 1.29 is 14.3 Å². The lowest BCUT2D eigenvalue weighted by Crippen LogP contribution is -2.44. The van der Waals surface area contributed by atoms with Gasteiger partial charge in [-0.2, -0.15) is 0 Å². The average molecular weight is 451 g/mol. The molecule has 1 unspecified atom stereocenters. The monoisotopic (exact) mass is 450 g/mol. The number of nitrogens with zero attached hydrogens (tertiary/aromatic N) is 2. The van der Waals surface area contributed by atoms with Crippen LogP contribution in [0.3, 0.4) is 0 Å². The Morgan fingerprint density at radius 2 is 1.91 bits per heavy atom. The van der Waals surface area contributed by atoms with Gasteiger partial charge in [-0.3, -0.25) is 9.20 Å². The quantitative estimate of drug-likeness (QED) is 0.455. The molecule has 0 fully saturated rings. The number of carbonyl (C=O) groups excluding carboxylic acids is 2. The number of thiazole rings is 1. The van der Waals surface area contributed by atoms with Gasteiger partial charge < -0.3 is 15.4 Å². The number of nitrogens with one attached hydrogen (secondary N) is 2. The Hall–Kier alpha value is -3.39. The molecule has 32 heavy (non-hydrogen) atoms. The maximum atomic E-state index is 13.2. The van der Waals surface area contributed by atoms with Gasteiger partial charge in [-0.15, -0.1) is 11.3 Å². The molecule has 0 spiro atoms. The summed E-state index contributed by atoms with van der Waals surface area (Å²) < 4.78 is 7.07. The number of carbonyl (C=O) groups is 2. The average Bonchev–Trinajstić information content (AvgIpc) is 3.31. The predicted octanol–water partition coefficient (Wildman–Crippen LogP) is 4.86. The first-order valence-electron chi connectivity index (χ1n) is 10.4. The fraction of sp³-hybridized carbons (Fsp3) is 0.292. The van der Waals surface area contributed by atoms with E-state index in [0.717, 1.165) is 21.3 Å². The Labute approximate surface area is 190 Å². The zero-order valence-corrected chi connectivity index (χ0v) is 19.3. The number of imidazole rings is 1. The van der Waals surface area contributed by atoms with Gasteiger partial charge in [0.2, 0.25) is 0 Å². The number of ether oxygens (including phenoxy) is 1. The Kier molecular flexibility index (Phi) is 5.88. The third-order valence-electron chi connectivity index (χ3n) is 4.83. The molecule has 8 heteroatoms. The molecule has 0 aliphatic heterocycles. The fourth-order valence-corrected chi connectivity index (χ4v) is 4.14. The second-order valence-electron chi connectivity index (χ2n) is 8.68. The molecule has 4 rings (SSSR count). The highest BCUT2D eigenvalue weighted by atomic mass is 32.1. The minimum absolute atomic E-state index is 0.253. The SMILES string of the molecule is CC(CNC(=O)c1c(-c2ccc3ccccc3c2)nc2sccn12)NC(=O)OC(C)(C)C. The molecule has 0 bridgehead atoms. The molecule has 0 aliphatic carbocycles. The van der Waals surface area contributed by atoms with Crippen LogP contribution in [0, 0.1) is 0 Å². The van der Waals surface area contributed by atoms with Crippen LogP contribution in [-0.2, 0) is 4.74 Å². The fourth-order valence-electron chi connectivity index (χ4n) is 3.43. The summed E-state index contributed by atoms with van der Waals surface area (Å²) in [6, 6.07) is 13.8. The van der Waals surface area contributed by atoms with Gasteiger partial charge >= 0.3 is 6.09 Å². The van der Waals surface area contributed by atoms with Crippen molar-refractivity contribution in [1.29, 1.82) is 0 Å². The summed E-state index contributed by atoms with van der Waals surface area (Å²) in [5, 5.41) is 9.77. The van der Waals surface area contributed by atoms with Crippen molar-refractivity contribution in [2.75, 3.05) is 6.54 Å². The van der Waals surface area contributed by atoms with Gasteiger partial charge in [0.25, 0.3) is 5.91 Å². The summed E-state index contributed by atoms with van der Waals surface area (Å²) in [5.74, 6) is -0.253. The van der Waals surface area contributed by atoms with Crippen LogP contribution in [0.4, 0.5) is 4.79 Å². The second-order valence-corrected chi connectivity index (χ2v) is 9.56. The lowest BCUT2D eigenvalue weighted by atomic mass is 10.0. The van der Waals surface area contributed by atoms with E-state index >= 15 is 0 Å². The summed E-state index contributed by atoms with van der Waals surface area (Å²) in [4.78, 5) is 30.6. The number of amides is 2. The van der Waals surface area contributed by atoms with Crippen molar-refractivity contribution in [1.82, 2.24) is 20.0 Å². The number of fused-ring (bicyclic) bond motifs is 2. The van der Waals surface area contributed by atoms with Gasteiger partial charge in [-0.05, 0) is 44.5 Å². The van der Waals surface area contributed by atoms with E-state index in [0.29, 0.717) is 11.4 Å². The Balaban J connectivity index is 1.55. The highest BCUT2D eigenvalue weighted by Gasteiger charge is 2.23. The number of rotatable bonds is 5. The normalized spacial score (nSPS) is 12.6. The van der Waals surface area contributed by atoms with Crippen LogP contribution in [-0.4, -0.2) is 39.6 Å². The maximum absolute atomic E-state index is 13.2. The number of aromatic nitrogens is 2. The van der Waals surface area contributed by atoms with E-state index in [-0.39, 0.29) is 18.5 Å². The molecule has 0 saturated heterocycles. The Morgan fingerprint density at radius 3 is 2.66 bits per heavy atom. The van der Waals surface area contributed by atoms with Gasteiger partial charge in [0.05, 0.1) is 0 Å². The number of benzene rings is 2. The molecule has 7 nitrogen and oxygen atoms in total. The summed E-state index contributed by atoms with van der Waals surface area (Å²) in [6.07, 6.45) is 1.33. The summed E-state index contributed by atoms with van der Waals surface area (Å²) in [7, 11) is 0. The van der Waals surface area contributed by atoms with Crippen LogP contribution in [0.2, 0.25) is 0 Å². The highest BCUT2D eigenvalue weighted by molar-refractivity contribution is 7.15. The van der Waals surface area contributed by atoms with E-state index in [9.17, 15) is 9.59 Å². The van der Waals surface area contributed by atoms with Crippen LogP contribution in [0.5, 0.6) is 0 Å².